The second-order valence-corrected chi connectivity index (χ2v) is 3.56. The monoisotopic (exact) mass is 249 g/mol. The Hall–Kier alpha value is -0.410. The smallest absolute Gasteiger partial charge is 0.144 e. The zero-order chi connectivity index (χ0) is 9.14. The van der Waals surface area contributed by atoms with Gasteiger partial charge in [0.05, 0.1) is 17.3 Å². The molecule has 0 aromatic heterocycles. The highest BCUT2D eigenvalue weighted by Crippen LogP contribution is 2.33. The number of hydrogen-bond acceptors (Lipinski definition) is 2. The van der Waals surface area contributed by atoms with Gasteiger partial charge in [0.2, 0.25) is 0 Å². The molecule has 0 aliphatic rings. The van der Waals surface area contributed by atoms with Gasteiger partial charge in [0.15, 0.2) is 0 Å². The lowest BCUT2D eigenvalue weighted by Crippen LogP contribution is -1.97. The van der Waals surface area contributed by atoms with Crippen LogP contribution >= 0.6 is 27.5 Å². The lowest BCUT2D eigenvalue weighted by molar-refractivity contribution is 0.342. The third-order valence-electron chi connectivity index (χ3n) is 1.36. The van der Waals surface area contributed by atoms with Crippen molar-refractivity contribution in [3.63, 3.8) is 0 Å². The van der Waals surface area contributed by atoms with Gasteiger partial charge in [-0.1, -0.05) is 27.5 Å². The molecule has 2 N–H and O–H groups in total. The van der Waals surface area contributed by atoms with Crippen LogP contribution in [0.25, 0.3) is 0 Å². The fourth-order valence-corrected chi connectivity index (χ4v) is 1.62. The molecule has 0 saturated heterocycles. The number of rotatable bonds is 2. The predicted octanol–water partition coefficient (Wildman–Crippen LogP) is 3.08. The number of hydrogen-bond donors (Lipinski definition) is 1. The van der Waals surface area contributed by atoms with Crippen molar-refractivity contribution in [3.8, 4) is 5.75 Å². The van der Waals surface area contributed by atoms with E-state index < -0.39 is 0 Å². The number of ether oxygens (including phenoxy) is 1. The zero-order valence-corrected chi connectivity index (χ0v) is 8.95. The first-order valence-corrected chi connectivity index (χ1v) is 4.69. The Morgan fingerprint density at radius 2 is 2.25 bits per heavy atom. The second-order valence-electron chi connectivity index (χ2n) is 2.23. The Morgan fingerprint density at radius 1 is 1.58 bits per heavy atom. The summed E-state index contributed by atoms with van der Waals surface area (Å²) in [4.78, 5) is 0. The van der Waals surface area contributed by atoms with Crippen molar-refractivity contribution < 1.29 is 4.74 Å². The number of benzene rings is 1. The maximum atomic E-state index is 5.82. The highest BCUT2D eigenvalue weighted by Gasteiger charge is 2.05. The summed E-state index contributed by atoms with van der Waals surface area (Å²) in [6.07, 6.45) is 0. The van der Waals surface area contributed by atoms with Gasteiger partial charge in [0.25, 0.3) is 0 Å². The molecule has 1 aromatic rings. The van der Waals surface area contributed by atoms with E-state index >= 15 is 0 Å². The van der Waals surface area contributed by atoms with Crippen molar-refractivity contribution in [1.29, 1.82) is 0 Å². The summed E-state index contributed by atoms with van der Waals surface area (Å²) in [6.45, 7) is 2.48. The summed E-state index contributed by atoms with van der Waals surface area (Å²) >= 11 is 9.12. The molecule has 0 fully saturated rings. The quantitative estimate of drug-likeness (QED) is 0.819. The Morgan fingerprint density at radius 3 is 2.83 bits per heavy atom. The molecule has 0 aliphatic carbocycles. The van der Waals surface area contributed by atoms with Crippen LogP contribution in [0.5, 0.6) is 5.75 Å². The molecule has 0 saturated carbocycles. The lowest BCUT2D eigenvalue weighted by atomic mass is 10.3. The Labute approximate surface area is 84.8 Å². The first kappa shape index (κ1) is 9.68. The van der Waals surface area contributed by atoms with Crippen LogP contribution in [-0.4, -0.2) is 6.61 Å². The number of nitrogen functional groups attached to an aromatic ring is 1. The van der Waals surface area contributed by atoms with E-state index in [0.717, 1.165) is 4.47 Å². The van der Waals surface area contributed by atoms with Gasteiger partial charge in [-0.15, -0.1) is 0 Å². The third-order valence-corrected chi connectivity index (χ3v) is 2.13. The molecule has 0 radical (unpaired) electrons. The van der Waals surface area contributed by atoms with E-state index in [1.54, 1.807) is 12.1 Å². The van der Waals surface area contributed by atoms with Crippen molar-refractivity contribution >= 4 is 33.2 Å². The van der Waals surface area contributed by atoms with Crippen LogP contribution in [0.2, 0.25) is 5.02 Å². The van der Waals surface area contributed by atoms with Crippen molar-refractivity contribution in [2.24, 2.45) is 0 Å². The zero-order valence-electron chi connectivity index (χ0n) is 6.60. The number of halogens is 2. The summed E-state index contributed by atoms with van der Waals surface area (Å²) in [5.41, 5.74) is 6.15. The van der Waals surface area contributed by atoms with Crippen LogP contribution in [0, 0.1) is 0 Å². The fourth-order valence-electron chi connectivity index (χ4n) is 0.836. The molecule has 12 heavy (non-hydrogen) atoms. The average molecular weight is 251 g/mol. The molecule has 0 atom stereocenters. The van der Waals surface area contributed by atoms with Gasteiger partial charge in [-0.05, 0) is 19.1 Å². The third kappa shape index (κ3) is 2.05. The highest BCUT2D eigenvalue weighted by atomic mass is 79.9. The molecule has 0 amide bonds. The van der Waals surface area contributed by atoms with Gasteiger partial charge in [-0.25, -0.2) is 0 Å². The standard InChI is InChI=1S/C8H9BrClNO/c1-2-12-7-4-5(9)3-6(10)8(7)11/h3-4H,2,11H2,1H3. The minimum atomic E-state index is 0.488. The molecule has 0 bridgehead atoms. The second kappa shape index (κ2) is 4.01. The normalized spacial score (nSPS) is 9.92. The van der Waals surface area contributed by atoms with Crippen molar-refractivity contribution in [3.05, 3.63) is 21.6 Å². The van der Waals surface area contributed by atoms with E-state index in [4.69, 9.17) is 22.1 Å². The molecule has 4 heteroatoms. The average Bonchev–Trinajstić information content (AvgIpc) is 2.00. The van der Waals surface area contributed by atoms with E-state index in [9.17, 15) is 0 Å². The molecule has 0 unspecified atom stereocenters. The number of anilines is 1. The minimum Gasteiger partial charge on any atom is -0.492 e. The van der Waals surface area contributed by atoms with E-state index in [0.29, 0.717) is 23.1 Å². The van der Waals surface area contributed by atoms with Crippen LogP contribution in [0.15, 0.2) is 16.6 Å². The SMILES string of the molecule is CCOc1cc(Br)cc(Cl)c1N. The summed E-state index contributed by atoms with van der Waals surface area (Å²) in [5, 5.41) is 0.507. The van der Waals surface area contributed by atoms with Gasteiger partial charge in [-0.3, -0.25) is 0 Å². The molecule has 0 heterocycles. The van der Waals surface area contributed by atoms with Crippen molar-refractivity contribution in [2.45, 2.75) is 6.92 Å². The maximum absolute atomic E-state index is 5.82. The van der Waals surface area contributed by atoms with Crippen molar-refractivity contribution in [2.75, 3.05) is 12.3 Å². The van der Waals surface area contributed by atoms with Gasteiger partial charge in [0, 0.05) is 4.47 Å². The van der Waals surface area contributed by atoms with Crippen LogP contribution in [0.4, 0.5) is 5.69 Å². The first-order valence-electron chi connectivity index (χ1n) is 3.52. The molecule has 1 aromatic carbocycles. The topological polar surface area (TPSA) is 35.2 Å². The van der Waals surface area contributed by atoms with E-state index in [1.807, 2.05) is 6.92 Å². The van der Waals surface area contributed by atoms with Gasteiger partial charge in [0.1, 0.15) is 5.75 Å². The lowest BCUT2D eigenvalue weighted by Gasteiger charge is -2.08. The fraction of sp³-hybridized carbons (Fsp3) is 0.250. The Balaban J connectivity index is 3.09. The van der Waals surface area contributed by atoms with E-state index in [2.05, 4.69) is 15.9 Å². The summed E-state index contributed by atoms with van der Waals surface area (Å²) in [5.74, 6) is 0.622. The Bertz CT molecular complexity index is 291. The van der Waals surface area contributed by atoms with Crippen LogP contribution in [-0.2, 0) is 0 Å². The van der Waals surface area contributed by atoms with Gasteiger partial charge in [-0.2, -0.15) is 0 Å². The summed E-state index contributed by atoms with van der Waals surface area (Å²) in [6, 6.07) is 3.53. The van der Waals surface area contributed by atoms with Crippen LogP contribution in [0.1, 0.15) is 6.92 Å². The first-order chi connectivity index (χ1) is 5.65. The predicted molar refractivity (Wildman–Crippen MR) is 54.7 cm³/mol. The molecule has 0 spiro atoms. The molecule has 0 aliphatic heterocycles. The molecule has 1 rings (SSSR count). The molecule has 66 valence electrons. The molecule has 2 nitrogen and oxygen atoms in total. The van der Waals surface area contributed by atoms with Gasteiger partial charge >= 0.3 is 0 Å². The molecular weight excluding hydrogens is 241 g/mol. The van der Waals surface area contributed by atoms with E-state index in [1.165, 1.54) is 0 Å². The van der Waals surface area contributed by atoms with Crippen LogP contribution < -0.4 is 10.5 Å². The summed E-state index contributed by atoms with van der Waals surface area (Å²) < 4.78 is 6.12. The van der Waals surface area contributed by atoms with Crippen LogP contribution in [0.3, 0.4) is 0 Å². The van der Waals surface area contributed by atoms with E-state index in [-0.39, 0.29) is 0 Å². The Kier molecular flexibility index (Phi) is 3.23. The number of nitrogens with two attached hydrogens (primary N) is 1. The van der Waals surface area contributed by atoms with Gasteiger partial charge < -0.3 is 10.5 Å². The minimum absolute atomic E-state index is 0.488. The van der Waals surface area contributed by atoms with Crippen molar-refractivity contribution in [1.82, 2.24) is 0 Å². The highest BCUT2D eigenvalue weighted by molar-refractivity contribution is 9.10. The largest absolute Gasteiger partial charge is 0.492 e. The molecular formula is C8H9BrClNO. The summed E-state index contributed by atoms with van der Waals surface area (Å²) in [7, 11) is 0. The maximum Gasteiger partial charge on any atom is 0.144 e.